The Morgan fingerprint density at radius 3 is 2.52 bits per heavy atom. The van der Waals surface area contributed by atoms with Crippen LogP contribution in [0.1, 0.15) is 19.5 Å². The fourth-order valence-corrected chi connectivity index (χ4v) is 4.10. The number of carboxylic acids is 1. The molecule has 2 aromatic heterocycles. The standard InChI is InChI=1S/C15H18N8O8S2/c1-15(2,13(26)27)31-21-9(7-4-32-14(16)19-7)11(24)20-10-8(3-22-5-17-18-6-22)23(12(10)25)33(28,29)30/h4-6,8,10H,3H2,1-2H3,(H2,16,19)(H,20,24)(H,26,27)(H,28,29,30)/b21-9-/t8-,10+/m1/s1. The van der Waals surface area contributed by atoms with Crippen LogP contribution in [-0.2, 0) is 36.1 Å². The number of rotatable bonds is 9. The number of oxime groups is 1. The van der Waals surface area contributed by atoms with Crippen LogP contribution in [0.4, 0.5) is 5.13 Å². The molecular weight excluding hydrogens is 484 g/mol. The van der Waals surface area contributed by atoms with Gasteiger partial charge in [-0.1, -0.05) is 5.16 Å². The predicted octanol–water partition coefficient (Wildman–Crippen LogP) is -1.90. The normalized spacial score (nSPS) is 19.2. The maximum Gasteiger partial charge on any atom is 0.362 e. The Balaban J connectivity index is 1.88. The molecule has 0 spiro atoms. The molecule has 0 unspecified atom stereocenters. The van der Waals surface area contributed by atoms with Crippen LogP contribution in [-0.4, -0.2) is 83.3 Å². The first-order valence-electron chi connectivity index (χ1n) is 8.96. The number of anilines is 1. The van der Waals surface area contributed by atoms with Gasteiger partial charge >= 0.3 is 16.3 Å². The molecule has 2 atom stereocenters. The Kier molecular flexibility index (Phi) is 6.34. The number of nitrogens with two attached hydrogens (primary N) is 1. The molecule has 16 nitrogen and oxygen atoms in total. The highest BCUT2D eigenvalue weighted by Gasteiger charge is 2.54. The number of hydrogen-bond donors (Lipinski definition) is 4. The zero-order valence-corrected chi connectivity index (χ0v) is 18.6. The highest BCUT2D eigenvalue weighted by Crippen LogP contribution is 2.25. The van der Waals surface area contributed by atoms with Crippen LogP contribution in [0, 0.1) is 0 Å². The third kappa shape index (κ3) is 5.07. The van der Waals surface area contributed by atoms with Crippen LogP contribution >= 0.6 is 11.3 Å². The van der Waals surface area contributed by atoms with Gasteiger partial charge in [0.15, 0.2) is 10.8 Å². The summed E-state index contributed by atoms with van der Waals surface area (Å²) in [4.78, 5) is 45.5. The van der Waals surface area contributed by atoms with E-state index in [9.17, 15) is 32.5 Å². The number of carboxylic acid groups (broad SMARTS) is 1. The van der Waals surface area contributed by atoms with Crippen molar-refractivity contribution in [2.24, 2.45) is 5.16 Å². The van der Waals surface area contributed by atoms with E-state index in [1.54, 1.807) is 0 Å². The topological polar surface area (TPSA) is 232 Å². The molecule has 1 fully saturated rings. The van der Waals surface area contributed by atoms with E-state index >= 15 is 0 Å². The number of carbonyl (C=O) groups is 3. The molecule has 5 N–H and O–H groups in total. The summed E-state index contributed by atoms with van der Waals surface area (Å²) >= 11 is 0.965. The van der Waals surface area contributed by atoms with E-state index in [1.165, 1.54) is 36.4 Å². The number of β-lactam (4-membered cyclic amide) rings is 1. The number of thiazole rings is 1. The number of aromatic nitrogens is 4. The highest BCUT2D eigenvalue weighted by atomic mass is 32.2. The smallest absolute Gasteiger partial charge is 0.362 e. The minimum absolute atomic E-state index is 0.0649. The van der Waals surface area contributed by atoms with Crippen molar-refractivity contribution in [3.8, 4) is 0 Å². The summed E-state index contributed by atoms with van der Waals surface area (Å²) in [5.41, 5.74) is 3.21. The van der Waals surface area contributed by atoms with E-state index in [0.29, 0.717) is 0 Å². The number of hydrogen-bond acceptors (Lipinski definition) is 12. The Morgan fingerprint density at radius 2 is 2.00 bits per heavy atom. The molecule has 0 bridgehead atoms. The number of amides is 2. The van der Waals surface area contributed by atoms with Gasteiger partial charge in [-0.3, -0.25) is 14.1 Å². The van der Waals surface area contributed by atoms with Gasteiger partial charge in [-0.2, -0.15) is 8.42 Å². The van der Waals surface area contributed by atoms with Gasteiger partial charge in [-0.05, 0) is 13.8 Å². The summed E-state index contributed by atoms with van der Waals surface area (Å²) in [5.74, 6) is -3.49. The van der Waals surface area contributed by atoms with Crippen molar-refractivity contribution in [2.75, 3.05) is 5.73 Å². The van der Waals surface area contributed by atoms with E-state index in [2.05, 4.69) is 25.7 Å². The van der Waals surface area contributed by atoms with Crippen molar-refractivity contribution in [2.45, 2.75) is 38.1 Å². The van der Waals surface area contributed by atoms with Crippen LogP contribution in [0.15, 0.2) is 23.2 Å². The van der Waals surface area contributed by atoms with Gasteiger partial charge in [0.1, 0.15) is 24.4 Å². The van der Waals surface area contributed by atoms with Crippen LogP contribution in [0.5, 0.6) is 0 Å². The van der Waals surface area contributed by atoms with Gasteiger partial charge in [-0.25, -0.2) is 14.1 Å². The van der Waals surface area contributed by atoms with Gasteiger partial charge in [0.25, 0.3) is 11.8 Å². The highest BCUT2D eigenvalue weighted by molar-refractivity contribution is 7.84. The van der Waals surface area contributed by atoms with E-state index in [0.717, 1.165) is 11.3 Å². The van der Waals surface area contributed by atoms with Crippen LogP contribution in [0.25, 0.3) is 0 Å². The Hall–Kier alpha value is -3.64. The number of nitrogen functional groups attached to an aromatic ring is 1. The molecule has 0 aliphatic carbocycles. The number of nitrogens with zero attached hydrogens (tertiary/aromatic N) is 6. The second kappa shape index (κ2) is 8.71. The molecule has 2 amide bonds. The van der Waals surface area contributed by atoms with E-state index in [4.69, 9.17) is 10.6 Å². The van der Waals surface area contributed by atoms with Crippen molar-refractivity contribution in [1.82, 2.24) is 29.4 Å². The fourth-order valence-electron chi connectivity index (χ4n) is 2.68. The van der Waals surface area contributed by atoms with E-state index in [1.807, 2.05) is 0 Å². The fraction of sp³-hybridized carbons (Fsp3) is 0.400. The lowest BCUT2D eigenvalue weighted by atomic mass is 9.98. The van der Waals surface area contributed by atoms with Crippen molar-refractivity contribution in [3.05, 3.63) is 23.7 Å². The third-order valence-electron chi connectivity index (χ3n) is 4.43. The lowest BCUT2D eigenvalue weighted by Gasteiger charge is -2.44. The van der Waals surface area contributed by atoms with Crippen LogP contribution < -0.4 is 11.1 Å². The Morgan fingerprint density at radius 1 is 1.36 bits per heavy atom. The quantitative estimate of drug-likeness (QED) is 0.127. The minimum Gasteiger partial charge on any atom is -0.478 e. The molecule has 178 valence electrons. The number of nitrogens with one attached hydrogen (secondary N) is 1. The first-order chi connectivity index (χ1) is 15.3. The molecule has 3 heterocycles. The SMILES string of the molecule is CC(C)(O/N=C(\C(=O)N[C@@H]1C(=O)N(S(=O)(=O)O)[C@@H]1Cn1cnnc1)c1csc(N)n1)C(=O)O. The second-order valence-corrected chi connectivity index (χ2v) is 9.39. The average Bonchev–Trinajstić information content (AvgIpc) is 3.36. The van der Waals surface area contributed by atoms with E-state index < -0.39 is 51.5 Å². The number of carbonyl (C=O) groups excluding carboxylic acids is 2. The monoisotopic (exact) mass is 502 g/mol. The maximum atomic E-state index is 12.9. The molecule has 1 saturated heterocycles. The molecule has 18 heteroatoms. The molecule has 0 saturated carbocycles. The molecule has 1 aliphatic rings. The zero-order valence-electron chi connectivity index (χ0n) is 17.0. The first kappa shape index (κ1) is 24.0. The third-order valence-corrected chi connectivity index (χ3v) is 6.05. The summed E-state index contributed by atoms with van der Waals surface area (Å²) in [7, 11) is -4.91. The van der Waals surface area contributed by atoms with Crippen LogP contribution in [0.3, 0.4) is 0 Å². The van der Waals surface area contributed by atoms with Gasteiger partial charge in [0.2, 0.25) is 5.60 Å². The lowest BCUT2D eigenvalue weighted by molar-refractivity contribution is -0.161. The van der Waals surface area contributed by atoms with Crippen molar-refractivity contribution >= 4 is 50.3 Å². The van der Waals surface area contributed by atoms with Gasteiger partial charge in [0.05, 0.1) is 6.04 Å². The summed E-state index contributed by atoms with van der Waals surface area (Å²) < 4.78 is 34.2. The van der Waals surface area contributed by atoms with Crippen molar-refractivity contribution in [3.63, 3.8) is 0 Å². The first-order valence-corrected chi connectivity index (χ1v) is 11.2. The molecule has 3 rings (SSSR count). The van der Waals surface area contributed by atoms with Gasteiger partial charge in [-0.15, -0.1) is 21.5 Å². The largest absolute Gasteiger partial charge is 0.478 e. The zero-order chi connectivity index (χ0) is 24.6. The summed E-state index contributed by atoms with van der Waals surface area (Å²) in [6.45, 7) is 2.21. The molecule has 0 radical (unpaired) electrons. The summed E-state index contributed by atoms with van der Waals surface area (Å²) in [6.07, 6.45) is 2.49. The average molecular weight is 502 g/mol. The minimum atomic E-state index is -4.91. The van der Waals surface area contributed by atoms with Crippen molar-refractivity contribution < 1.29 is 37.3 Å². The predicted molar refractivity (Wildman–Crippen MR) is 110 cm³/mol. The van der Waals surface area contributed by atoms with Gasteiger partial charge < -0.3 is 25.6 Å². The second-order valence-electron chi connectivity index (χ2n) is 7.21. The summed E-state index contributed by atoms with van der Waals surface area (Å²) in [5, 5.41) is 23.7. The van der Waals surface area contributed by atoms with Gasteiger partial charge in [0, 0.05) is 11.9 Å². The Labute approximate surface area is 189 Å². The molecule has 33 heavy (non-hydrogen) atoms. The molecule has 2 aromatic rings. The number of aliphatic carboxylic acids is 1. The lowest BCUT2D eigenvalue weighted by Crippen LogP contribution is -2.73. The van der Waals surface area contributed by atoms with Crippen LogP contribution in [0.2, 0.25) is 0 Å². The van der Waals surface area contributed by atoms with Crippen molar-refractivity contribution in [1.29, 1.82) is 0 Å². The summed E-state index contributed by atoms with van der Waals surface area (Å²) in [6, 6.07) is -2.61. The maximum absolute atomic E-state index is 12.9. The van der Waals surface area contributed by atoms with E-state index in [-0.39, 0.29) is 21.7 Å². The Bertz CT molecular complexity index is 1210. The molecule has 0 aromatic carbocycles. The molecular formula is C15H18N8O8S2. The molecule has 1 aliphatic heterocycles.